The van der Waals surface area contributed by atoms with Crippen molar-refractivity contribution in [3.63, 3.8) is 0 Å². The fraction of sp³-hybridized carbons (Fsp3) is 0.500. The summed E-state index contributed by atoms with van der Waals surface area (Å²) in [6.45, 7) is 11.5. The first kappa shape index (κ1) is 25.9. The van der Waals surface area contributed by atoms with Gasteiger partial charge in [0, 0.05) is 0 Å². The Morgan fingerprint density at radius 1 is 1.03 bits per heavy atom. The average Bonchev–Trinajstić information content (AvgIpc) is 3.20. The molecule has 0 saturated carbocycles. The lowest BCUT2D eigenvalue weighted by Gasteiger charge is -2.43. The van der Waals surface area contributed by atoms with Crippen molar-refractivity contribution in [1.82, 2.24) is 0 Å². The van der Waals surface area contributed by atoms with Gasteiger partial charge in [-0.3, -0.25) is 0 Å². The molecule has 2 aromatic carbocycles. The van der Waals surface area contributed by atoms with E-state index in [-0.39, 0.29) is 29.1 Å². The van der Waals surface area contributed by atoms with Crippen LogP contribution in [0.4, 0.5) is 0 Å². The summed E-state index contributed by atoms with van der Waals surface area (Å²) in [5, 5.41) is 2.41. The van der Waals surface area contributed by atoms with Gasteiger partial charge in [-0.2, -0.15) is 0 Å². The largest absolute Gasteiger partial charge is 0.456 e. The van der Waals surface area contributed by atoms with Crippen LogP contribution in [0.1, 0.15) is 60.3 Å². The van der Waals surface area contributed by atoms with Crippen LogP contribution in [0.3, 0.4) is 0 Å². The number of benzene rings is 2. The van der Waals surface area contributed by atoms with Crippen molar-refractivity contribution in [2.45, 2.75) is 83.7 Å². The Morgan fingerprint density at radius 3 is 2.17 bits per heavy atom. The highest BCUT2D eigenvalue weighted by molar-refractivity contribution is 6.99. The lowest BCUT2D eigenvalue weighted by atomic mass is 9.98. The second-order valence-electron chi connectivity index (χ2n) is 11.2. The third-order valence-electron chi connectivity index (χ3n) is 7.42. The maximum atomic E-state index is 13.0. The van der Waals surface area contributed by atoms with Gasteiger partial charge in [0.2, 0.25) is 0 Å². The molecule has 4 atom stereocenters. The summed E-state index contributed by atoms with van der Waals surface area (Å²) in [6, 6.07) is 21.3. The zero-order chi connectivity index (χ0) is 25.1. The quantitative estimate of drug-likeness (QED) is 0.295. The van der Waals surface area contributed by atoms with Crippen LogP contribution in [-0.4, -0.2) is 39.2 Å². The van der Waals surface area contributed by atoms with Crippen molar-refractivity contribution >= 4 is 24.7 Å². The molecule has 0 unspecified atom stereocenters. The number of allylic oxidation sites excluding steroid dienone is 1. The van der Waals surface area contributed by atoms with E-state index in [1.165, 1.54) is 15.9 Å². The first-order valence-corrected chi connectivity index (χ1v) is 14.9. The monoisotopic (exact) mass is 492 g/mol. The molecule has 1 aliphatic carbocycles. The van der Waals surface area contributed by atoms with Gasteiger partial charge in [0.05, 0.1) is 12.7 Å². The van der Waals surface area contributed by atoms with E-state index in [2.05, 4.69) is 101 Å². The molecule has 0 radical (unpaired) electrons. The van der Waals surface area contributed by atoms with Crippen LogP contribution in [0.2, 0.25) is 5.04 Å². The van der Waals surface area contributed by atoms with E-state index in [4.69, 9.17) is 13.9 Å². The van der Waals surface area contributed by atoms with Crippen molar-refractivity contribution in [1.29, 1.82) is 0 Å². The van der Waals surface area contributed by atoms with Crippen LogP contribution < -0.4 is 10.4 Å². The zero-order valence-electron chi connectivity index (χ0n) is 21.8. The maximum absolute atomic E-state index is 13.0. The van der Waals surface area contributed by atoms with Gasteiger partial charge in [-0.05, 0) is 60.0 Å². The summed E-state index contributed by atoms with van der Waals surface area (Å²) >= 11 is 0. The molecule has 4 nitrogen and oxygen atoms in total. The Bertz CT molecular complexity index is 972. The lowest BCUT2D eigenvalue weighted by molar-refractivity contribution is -0.162. The molecule has 5 heteroatoms. The molecule has 188 valence electrons. The number of ether oxygens (including phenoxy) is 2. The average molecular weight is 493 g/mol. The summed E-state index contributed by atoms with van der Waals surface area (Å²) in [6.07, 6.45) is 5.14. The van der Waals surface area contributed by atoms with E-state index in [0.29, 0.717) is 6.61 Å². The van der Waals surface area contributed by atoms with Gasteiger partial charge in [-0.25, -0.2) is 4.79 Å². The minimum Gasteiger partial charge on any atom is -0.456 e. The van der Waals surface area contributed by atoms with Crippen LogP contribution in [-0.2, 0) is 18.7 Å². The molecule has 1 saturated heterocycles. The standard InChI is InChI=1S/C30H40O4Si/c1-22-13-12-14-24(19-22)34-29(31)28-23(2)20-25(33-28)21-32-35(30(3,4)5,26-15-8-6-9-16-26)27-17-10-7-11-18-27/h6-11,15-19,23-25,28H,12-14,20-21H2,1-5H3/t23-,24-,25+,28-/m1/s1. The number of carbonyl (C=O) groups excluding carboxylic acids is 1. The van der Waals surface area contributed by atoms with Crippen LogP contribution >= 0.6 is 0 Å². The number of rotatable bonds is 7. The molecule has 0 aromatic heterocycles. The van der Waals surface area contributed by atoms with Gasteiger partial charge in [-0.15, -0.1) is 0 Å². The Labute approximate surface area is 211 Å². The SMILES string of the molecule is CC1=C[C@H](OC(=O)[C@@H]2O[C@H](CO[Si](c3ccccc3)(c3ccccc3)C(C)(C)C)C[C@H]2C)CCC1. The smallest absolute Gasteiger partial charge is 0.336 e. The van der Waals surface area contributed by atoms with E-state index in [1.807, 2.05) is 0 Å². The molecule has 4 rings (SSSR count). The molecule has 0 N–H and O–H groups in total. The third-order valence-corrected chi connectivity index (χ3v) is 12.4. The predicted octanol–water partition coefficient (Wildman–Crippen LogP) is 5.40. The number of esters is 1. The molecule has 1 fully saturated rings. The molecular formula is C30H40O4Si. The van der Waals surface area contributed by atoms with E-state index in [1.54, 1.807) is 0 Å². The fourth-order valence-corrected chi connectivity index (χ4v) is 10.3. The number of hydrogen-bond donors (Lipinski definition) is 0. The number of hydrogen-bond acceptors (Lipinski definition) is 4. The highest BCUT2D eigenvalue weighted by Gasteiger charge is 2.51. The Balaban J connectivity index is 1.52. The van der Waals surface area contributed by atoms with Crippen molar-refractivity contribution in [3.05, 3.63) is 72.3 Å². The van der Waals surface area contributed by atoms with Crippen LogP contribution in [0.25, 0.3) is 0 Å². The van der Waals surface area contributed by atoms with Crippen molar-refractivity contribution in [3.8, 4) is 0 Å². The normalized spacial score (nSPS) is 25.2. The highest BCUT2D eigenvalue weighted by atomic mass is 28.4. The Morgan fingerprint density at radius 2 is 1.63 bits per heavy atom. The Kier molecular flexibility index (Phi) is 7.99. The first-order valence-electron chi connectivity index (χ1n) is 13.0. The molecule has 0 amide bonds. The summed E-state index contributed by atoms with van der Waals surface area (Å²) in [5.41, 5.74) is 1.30. The summed E-state index contributed by atoms with van der Waals surface area (Å²) in [5.74, 6) is -0.134. The van der Waals surface area contributed by atoms with E-state index >= 15 is 0 Å². The summed E-state index contributed by atoms with van der Waals surface area (Å²) < 4.78 is 19.2. The van der Waals surface area contributed by atoms with Crippen LogP contribution in [0.5, 0.6) is 0 Å². The topological polar surface area (TPSA) is 44.8 Å². The van der Waals surface area contributed by atoms with Crippen molar-refractivity contribution in [2.24, 2.45) is 5.92 Å². The predicted molar refractivity (Wildman–Crippen MR) is 144 cm³/mol. The molecule has 2 aromatic rings. The van der Waals surface area contributed by atoms with Crippen molar-refractivity contribution < 1.29 is 18.7 Å². The second kappa shape index (κ2) is 10.8. The van der Waals surface area contributed by atoms with Gasteiger partial charge in [0.1, 0.15) is 6.10 Å². The van der Waals surface area contributed by atoms with Gasteiger partial charge in [-0.1, -0.05) is 93.9 Å². The highest BCUT2D eigenvalue weighted by Crippen LogP contribution is 2.38. The lowest BCUT2D eigenvalue weighted by Crippen LogP contribution is -2.67. The van der Waals surface area contributed by atoms with Crippen LogP contribution in [0, 0.1) is 5.92 Å². The zero-order valence-corrected chi connectivity index (χ0v) is 22.8. The Hall–Kier alpha value is -2.21. The summed E-state index contributed by atoms with van der Waals surface area (Å²) in [7, 11) is -2.63. The first-order chi connectivity index (χ1) is 16.7. The molecule has 1 aliphatic heterocycles. The van der Waals surface area contributed by atoms with Crippen LogP contribution in [0.15, 0.2) is 72.3 Å². The third kappa shape index (κ3) is 5.63. The molecule has 2 aliphatic rings. The van der Waals surface area contributed by atoms with E-state index < -0.39 is 14.4 Å². The minimum atomic E-state index is -2.63. The van der Waals surface area contributed by atoms with E-state index in [0.717, 1.165) is 25.7 Å². The molecule has 0 spiro atoms. The molecule has 0 bridgehead atoms. The van der Waals surface area contributed by atoms with Gasteiger partial charge in [0.25, 0.3) is 8.32 Å². The van der Waals surface area contributed by atoms with E-state index in [9.17, 15) is 4.79 Å². The van der Waals surface area contributed by atoms with Crippen molar-refractivity contribution in [2.75, 3.05) is 6.61 Å². The minimum absolute atomic E-state index is 0.0938. The maximum Gasteiger partial charge on any atom is 0.336 e. The molecule has 35 heavy (non-hydrogen) atoms. The fourth-order valence-electron chi connectivity index (χ4n) is 5.69. The summed E-state index contributed by atoms with van der Waals surface area (Å²) in [4.78, 5) is 13.0. The second-order valence-corrected chi connectivity index (χ2v) is 15.6. The van der Waals surface area contributed by atoms with Gasteiger partial charge >= 0.3 is 5.97 Å². The number of carbonyl (C=O) groups is 1. The molecular weight excluding hydrogens is 452 g/mol. The van der Waals surface area contributed by atoms with Gasteiger partial charge < -0.3 is 13.9 Å². The molecule has 1 heterocycles. The van der Waals surface area contributed by atoms with Gasteiger partial charge in [0.15, 0.2) is 6.10 Å².